The molecule has 2 aliphatic rings. The lowest BCUT2D eigenvalue weighted by atomic mass is 10.1. The Hall–Kier alpha value is -3.28. The van der Waals surface area contributed by atoms with Gasteiger partial charge in [0, 0.05) is 57.1 Å². The second-order valence-corrected chi connectivity index (χ2v) is 12.0. The van der Waals surface area contributed by atoms with Gasteiger partial charge < -0.3 is 14.1 Å². The highest BCUT2D eigenvalue weighted by atomic mass is 32.2. The van der Waals surface area contributed by atoms with Crippen molar-refractivity contribution in [2.24, 2.45) is 0 Å². The monoisotopic (exact) mass is 553 g/mol. The van der Waals surface area contributed by atoms with Gasteiger partial charge in [0.2, 0.25) is 15.9 Å². The van der Waals surface area contributed by atoms with Crippen LogP contribution >= 0.6 is 0 Å². The molecule has 11 heteroatoms. The van der Waals surface area contributed by atoms with Crippen molar-refractivity contribution in [3.63, 3.8) is 0 Å². The van der Waals surface area contributed by atoms with Gasteiger partial charge in [-0.25, -0.2) is 13.4 Å². The zero-order chi connectivity index (χ0) is 27.6. The molecular weight excluding hydrogens is 518 g/mol. The van der Waals surface area contributed by atoms with Crippen molar-refractivity contribution >= 4 is 15.9 Å². The molecule has 3 aromatic rings. The molecule has 0 spiro atoms. The van der Waals surface area contributed by atoms with Crippen LogP contribution in [-0.2, 0) is 23.0 Å². The highest BCUT2D eigenvalue weighted by Gasteiger charge is 2.40. The Balaban J connectivity index is 1.22. The molecule has 39 heavy (non-hydrogen) atoms. The summed E-state index contributed by atoms with van der Waals surface area (Å²) in [5, 5.41) is 0. The van der Waals surface area contributed by atoms with E-state index in [4.69, 9.17) is 9.15 Å². The van der Waals surface area contributed by atoms with Gasteiger partial charge in [0.1, 0.15) is 12.0 Å². The zero-order valence-electron chi connectivity index (χ0n) is 22.7. The second-order valence-electron chi connectivity index (χ2n) is 10.2. The number of piperazine rings is 1. The normalized spacial score (nSPS) is 16.6. The fourth-order valence-corrected chi connectivity index (χ4v) is 7.15. The SMILES string of the molecule is COc1cc(C)c(S(=O)(=O)N(Cc2nc(C(=O)N3CCN(CCc4ccccn4)CC3)co2)C2CC2)c(C)c1. The Labute approximate surface area is 229 Å². The maximum atomic E-state index is 13.8. The molecule has 0 atom stereocenters. The van der Waals surface area contributed by atoms with Crippen LogP contribution in [0.2, 0.25) is 0 Å². The van der Waals surface area contributed by atoms with Gasteiger partial charge in [0.15, 0.2) is 5.69 Å². The van der Waals surface area contributed by atoms with Gasteiger partial charge >= 0.3 is 0 Å². The quantitative estimate of drug-likeness (QED) is 0.377. The molecule has 1 saturated carbocycles. The van der Waals surface area contributed by atoms with E-state index in [9.17, 15) is 13.2 Å². The van der Waals surface area contributed by atoms with Crippen LogP contribution in [-0.4, -0.2) is 84.3 Å². The number of aryl methyl sites for hydroxylation is 2. The number of rotatable bonds is 10. The summed E-state index contributed by atoms with van der Waals surface area (Å²) in [4.78, 5) is 26.3. The molecule has 1 aliphatic carbocycles. The van der Waals surface area contributed by atoms with Crippen LogP contribution in [0.1, 0.15) is 46.0 Å². The van der Waals surface area contributed by atoms with E-state index in [1.165, 1.54) is 10.6 Å². The zero-order valence-corrected chi connectivity index (χ0v) is 23.5. The molecule has 10 nitrogen and oxygen atoms in total. The molecule has 1 saturated heterocycles. The maximum absolute atomic E-state index is 13.8. The summed E-state index contributed by atoms with van der Waals surface area (Å²) in [6.07, 6.45) is 5.58. The smallest absolute Gasteiger partial charge is 0.275 e. The lowest BCUT2D eigenvalue weighted by molar-refractivity contribution is 0.0632. The van der Waals surface area contributed by atoms with Crippen molar-refractivity contribution in [2.45, 2.75) is 50.6 Å². The number of sulfonamides is 1. The average Bonchev–Trinajstić information content (AvgIpc) is 3.66. The highest BCUT2D eigenvalue weighted by Crippen LogP contribution is 2.36. The summed E-state index contributed by atoms with van der Waals surface area (Å²) < 4.78 is 39.9. The Morgan fingerprint density at radius 3 is 2.46 bits per heavy atom. The molecule has 2 aromatic heterocycles. The molecule has 0 radical (unpaired) electrons. The average molecular weight is 554 g/mol. The number of methoxy groups -OCH3 is 1. The fourth-order valence-electron chi connectivity index (χ4n) is 5.10. The summed E-state index contributed by atoms with van der Waals surface area (Å²) in [6, 6.07) is 9.27. The van der Waals surface area contributed by atoms with Gasteiger partial charge in [-0.2, -0.15) is 4.31 Å². The number of pyridine rings is 1. The number of aromatic nitrogens is 2. The Bertz CT molecular complexity index is 1390. The molecule has 3 heterocycles. The minimum atomic E-state index is -3.81. The van der Waals surface area contributed by atoms with E-state index in [0.717, 1.165) is 44.6 Å². The van der Waals surface area contributed by atoms with E-state index < -0.39 is 10.0 Å². The van der Waals surface area contributed by atoms with E-state index in [1.807, 2.05) is 18.2 Å². The predicted molar refractivity (Wildman–Crippen MR) is 145 cm³/mol. The molecule has 1 amide bonds. The van der Waals surface area contributed by atoms with E-state index >= 15 is 0 Å². The number of carbonyl (C=O) groups is 1. The molecule has 1 aromatic carbocycles. The Kier molecular flexibility index (Phi) is 8.01. The molecular formula is C28H35N5O5S. The number of hydrogen-bond donors (Lipinski definition) is 0. The van der Waals surface area contributed by atoms with Crippen molar-refractivity contribution in [3.05, 3.63) is 71.2 Å². The largest absolute Gasteiger partial charge is 0.497 e. The van der Waals surface area contributed by atoms with Gasteiger partial charge in [-0.15, -0.1) is 0 Å². The number of carbonyl (C=O) groups excluding carboxylic acids is 1. The van der Waals surface area contributed by atoms with E-state index in [2.05, 4.69) is 14.9 Å². The van der Waals surface area contributed by atoms with Gasteiger partial charge in [0.05, 0.1) is 18.6 Å². The van der Waals surface area contributed by atoms with Crippen LogP contribution in [0.15, 0.2) is 52.1 Å². The summed E-state index contributed by atoms with van der Waals surface area (Å²) in [5.74, 6) is 0.635. The molecule has 0 bridgehead atoms. The van der Waals surface area contributed by atoms with Crippen molar-refractivity contribution in [3.8, 4) is 5.75 Å². The lowest BCUT2D eigenvalue weighted by Gasteiger charge is -2.34. The number of benzene rings is 1. The van der Waals surface area contributed by atoms with E-state index in [0.29, 0.717) is 30.0 Å². The number of oxazole rings is 1. The van der Waals surface area contributed by atoms with Crippen LogP contribution in [0.5, 0.6) is 5.75 Å². The molecule has 5 rings (SSSR count). The fraction of sp³-hybridized carbons (Fsp3) is 0.464. The number of ether oxygens (including phenoxy) is 1. The molecule has 208 valence electrons. The third kappa shape index (κ3) is 6.15. The van der Waals surface area contributed by atoms with Gasteiger partial charge in [-0.05, 0) is 62.1 Å². The highest BCUT2D eigenvalue weighted by molar-refractivity contribution is 7.89. The van der Waals surface area contributed by atoms with Crippen LogP contribution in [0.3, 0.4) is 0 Å². The number of nitrogens with zero attached hydrogens (tertiary/aromatic N) is 5. The minimum Gasteiger partial charge on any atom is -0.497 e. The van der Waals surface area contributed by atoms with E-state index in [-0.39, 0.29) is 35.0 Å². The summed E-state index contributed by atoms with van der Waals surface area (Å²) >= 11 is 0. The predicted octanol–water partition coefficient (Wildman–Crippen LogP) is 3.05. The first kappa shape index (κ1) is 27.3. The molecule has 1 aliphatic heterocycles. The van der Waals surface area contributed by atoms with Crippen LogP contribution < -0.4 is 4.74 Å². The second kappa shape index (κ2) is 11.4. The van der Waals surface area contributed by atoms with Crippen LogP contribution in [0.25, 0.3) is 0 Å². The third-order valence-corrected chi connectivity index (χ3v) is 9.53. The Morgan fingerprint density at radius 1 is 1.13 bits per heavy atom. The van der Waals surface area contributed by atoms with Gasteiger partial charge in [-0.1, -0.05) is 6.07 Å². The van der Waals surface area contributed by atoms with Gasteiger partial charge in [-0.3, -0.25) is 14.7 Å². The summed E-state index contributed by atoms with van der Waals surface area (Å²) in [7, 11) is -2.25. The minimum absolute atomic E-state index is 0.0213. The first-order chi connectivity index (χ1) is 18.8. The summed E-state index contributed by atoms with van der Waals surface area (Å²) in [6.45, 7) is 7.17. The van der Waals surface area contributed by atoms with Gasteiger partial charge in [0.25, 0.3) is 5.91 Å². The number of hydrogen-bond acceptors (Lipinski definition) is 8. The number of amides is 1. The third-order valence-electron chi connectivity index (χ3n) is 7.32. The summed E-state index contributed by atoms with van der Waals surface area (Å²) in [5.41, 5.74) is 2.52. The van der Waals surface area contributed by atoms with Crippen molar-refractivity contribution in [2.75, 3.05) is 39.8 Å². The van der Waals surface area contributed by atoms with Crippen molar-refractivity contribution < 1.29 is 22.4 Å². The first-order valence-corrected chi connectivity index (χ1v) is 14.7. The van der Waals surface area contributed by atoms with Crippen molar-refractivity contribution in [1.82, 2.24) is 24.1 Å². The Morgan fingerprint density at radius 2 is 1.85 bits per heavy atom. The molecule has 0 N–H and O–H groups in total. The topological polar surface area (TPSA) is 109 Å². The standard InChI is InChI=1S/C28H35N5O5S/c1-20-16-24(37-3)17-21(2)27(20)39(35,36)33(23-7-8-23)18-26-30-25(19-38-26)28(34)32-14-12-31(13-15-32)11-9-22-6-4-5-10-29-22/h4-6,10,16-17,19,23H,7-9,11-15,18H2,1-3H3. The first-order valence-electron chi connectivity index (χ1n) is 13.3. The molecule has 0 unspecified atom stereocenters. The molecule has 2 fully saturated rings. The lowest BCUT2D eigenvalue weighted by Crippen LogP contribution is -2.49. The maximum Gasteiger partial charge on any atom is 0.275 e. The van der Waals surface area contributed by atoms with Crippen molar-refractivity contribution in [1.29, 1.82) is 0 Å². The van der Waals surface area contributed by atoms with Crippen LogP contribution in [0.4, 0.5) is 0 Å². The van der Waals surface area contributed by atoms with E-state index in [1.54, 1.807) is 44.2 Å². The van der Waals surface area contributed by atoms with Crippen LogP contribution in [0, 0.1) is 13.8 Å².